The maximum absolute atomic E-state index is 12.0. The SMILES string of the molecule is CCOC(=O)c1cc(N)ccc1NC1CCC(SC)C1. The molecule has 20 heavy (non-hydrogen) atoms. The van der Waals surface area contributed by atoms with E-state index >= 15 is 0 Å². The third-order valence-electron chi connectivity index (χ3n) is 3.62. The summed E-state index contributed by atoms with van der Waals surface area (Å²) in [7, 11) is 0. The maximum atomic E-state index is 12.0. The summed E-state index contributed by atoms with van der Waals surface area (Å²) in [5, 5.41) is 4.19. The first-order valence-electron chi connectivity index (χ1n) is 7.00. The summed E-state index contributed by atoms with van der Waals surface area (Å²) in [6.07, 6.45) is 5.65. The lowest BCUT2D eigenvalue weighted by Gasteiger charge is -2.17. The van der Waals surface area contributed by atoms with E-state index < -0.39 is 0 Å². The van der Waals surface area contributed by atoms with Gasteiger partial charge in [0, 0.05) is 22.7 Å². The Labute approximate surface area is 124 Å². The van der Waals surface area contributed by atoms with Crippen LogP contribution in [0, 0.1) is 0 Å². The number of hydrogen-bond donors (Lipinski definition) is 2. The normalized spacial score (nSPS) is 21.7. The predicted octanol–water partition coefficient (Wildman–Crippen LogP) is 3.14. The van der Waals surface area contributed by atoms with Crippen LogP contribution in [0.15, 0.2) is 18.2 Å². The molecule has 2 rings (SSSR count). The Morgan fingerprint density at radius 3 is 2.95 bits per heavy atom. The van der Waals surface area contributed by atoms with Crippen LogP contribution in [0.5, 0.6) is 0 Å². The number of ether oxygens (including phenoxy) is 1. The number of hydrogen-bond acceptors (Lipinski definition) is 5. The molecule has 1 fully saturated rings. The average Bonchev–Trinajstić information content (AvgIpc) is 2.89. The van der Waals surface area contributed by atoms with Crippen molar-refractivity contribution in [3.63, 3.8) is 0 Å². The Hall–Kier alpha value is -1.36. The Morgan fingerprint density at radius 1 is 1.50 bits per heavy atom. The number of nitrogens with one attached hydrogen (secondary N) is 1. The third kappa shape index (κ3) is 3.60. The minimum atomic E-state index is -0.318. The highest BCUT2D eigenvalue weighted by Gasteiger charge is 2.25. The number of nitrogen functional groups attached to an aromatic ring is 1. The fraction of sp³-hybridized carbons (Fsp3) is 0.533. The fourth-order valence-electron chi connectivity index (χ4n) is 2.57. The van der Waals surface area contributed by atoms with Crippen molar-refractivity contribution in [2.24, 2.45) is 0 Å². The van der Waals surface area contributed by atoms with Gasteiger partial charge in [-0.3, -0.25) is 0 Å². The molecule has 4 nitrogen and oxygen atoms in total. The van der Waals surface area contributed by atoms with E-state index in [2.05, 4.69) is 11.6 Å². The Morgan fingerprint density at radius 2 is 2.30 bits per heavy atom. The van der Waals surface area contributed by atoms with Gasteiger partial charge in [0.1, 0.15) is 0 Å². The summed E-state index contributed by atoms with van der Waals surface area (Å²) in [5.41, 5.74) is 7.70. The van der Waals surface area contributed by atoms with Gasteiger partial charge in [0.05, 0.1) is 12.2 Å². The number of esters is 1. The number of anilines is 2. The second kappa shape index (κ2) is 6.88. The van der Waals surface area contributed by atoms with Crippen LogP contribution in [0.25, 0.3) is 0 Å². The molecule has 0 aromatic heterocycles. The monoisotopic (exact) mass is 294 g/mol. The Kier molecular flexibility index (Phi) is 5.17. The smallest absolute Gasteiger partial charge is 0.340 e. The van der Waals surface area contributed by atoms with E-state index in [9.17, 15) is 4.79 Å². The van der Waals surface area contributed by atoms with Crippen LogP contribution in [-0.2, 0) is 4.74 Å². The van der Waals surface area contributed by atoms with E-state index in [0.29, 0.717) is 29.1 Å². The second-order valence-electron chi connectivity index (χ2n) is 5.04. The lowest BCUT2D eigenvalue weighted by Crippen LogP contribution is -2.19. The first-order chi connectivity index (χ1) is 9.63. The van der Waals surface area contributed by atoms with Gasteiger partial charge in [0.25, 0.3) is 0 Å². The first kappa shape index (κ1) is 15.0. The molecule has 0 aliphatic heterocycles. The molecule has 0 amide bonds. The summed E-state index contributed by atoms with van der Waals surface area (Å²) < 4.78 is 5.09. The van der Waals surface area contributed by atoms with Gasteiger partial charge in [-0.15, -0.1) is 0 Å². The molecule has 1 saturated carbocycles. The molecule has 1 aliphatic carbocycles. The van der Waals surface area contributed by atoms with Crippen molar-refractivity contribution in [1.29, 1.82) is 0 Å². The summed E-state index contributed by atoms with van der Waals surface area (Å²) >= 11 is 1.92. The van der Waals surface area contributed by atoms with Crippen LogP contribution in [0.1, 0.15) is 36.5 Å². The second-order valence-corrected chi connectivity index (χ2v) is 6.18. The number of nitrogens with two attached hydrogens (primary N) is 1. The van der Waals surface area contributed by atoms with E-state index in [1.165, 1.54) is 6.42 Å². The minimum absolute atomic E-state index is 0.318. The molecule has 110 valence electrons. The Bertz CT molecular complexity index is 479. The molecule has 0 saturated heterocycles. The van der Waals surface area contributed by atoms with Crippen LogP contribution < -0.4 is 11.1 Å². The van der Waals surface area contributed by atoms with Gasteiger partial charge in [-0.1, -0.05) is 0 Å². The maximum Gasteiger partial charge on any atom is 0.340 e. The van der Waals surface area contributed by atoms with Crippen molar-refractivity contribution < 1.29 is 9.53 Å². The molecular weight excluding hydrogens is 272 g/mol. The van der Waals surface area contributed by atoms with E-state index in [-0.39, 0.29) is 5.97 Å². The lowest BCUT2D eigenvalue weighted by molar-refractivity contribution is 0.0527. The molecule has 2 unspecified atom stereocenters. The van der Waals surface area contributed by atoms with Crippen LogP contribution in [-0.4, -0.2) is 30.1 Å². The molecule has 3 N–H and O–H groups in total. The summed E-state index contributed by atoms with van der Waals surface area (Å²) in [5.74, 6) is -0.318. The number of carbonyl (C=O) groups excluding carboxylic acids is 1. The van der Waals surface area contributed by atoms with Gasteiger partial charge in [-0.2, -0.15) is 11.8 Å². The lowest BCUT2D eigenvalue weighted by atomic mass is 10.1. The average molecular weight is 294 g/mol. The summed E-state index contributed by atoms with van der Waals surface area (Å²) in [4.78, 5) is 12.0. The molecule has 0 spiro atoms. The van der Waals surface area contributed by atoms with Crippen LogP contribution >= 0.6 is 11.8 Å². The quantitative estimate of drug-likeness (QED) is 0.645. The molecule has 0 heterocycles. The third-order valence-corrected chi connectivity index (χ3v) is 4.71. The Balaban J connectivity index is 2.12. The highest BCUT2D eigenvalue weighted by molar-refractivity contribution is 7.99. The number of rotatable bonds is 5. The van der Waals surface area contributed by atoms with E-state index in [1.807, 2.05) is 23.9 Å². The number of benzene rings is 1. The molecule has 5 heteroatoms. The zero-order valence-electron chi connectivity index (χ0n) is 12.0. The van der Waals surface area contributed by atoms with Gasteiger partial charge in [-0.25, -0.2) is 4.79 Å². The molecule has 1 aliphatic rings. The van der Waals surface area contributed by atoms with Gasteiger partial charge < -0.3 is 15.8 Å². The largest absolute Gasteiger partial charge is 0.462 e. The predicted molar refractivity (Wildman–Crippen MR) is 85.4 cm³/mol. The standard InChI is InChI=1S/C15H22N2O2S/c1-3-19-15(18)13-8-10(16)4-7-14(13)17-11-5-6-12(9-11)20-2/h4,7-8,11-12,17H,3,5-6,9,16H2,1-2H3. The van der Waals surface area contributed by atoms with Crippen molar-refractivity contribution in [2.75, 3.05) is 23.9 Å². The highest BCUT2D eigenvalue weighted by Crippen LogP contribution is 2.31. The van der Waals surface area contributed by atoms with E-state index in [4.69, 9.17) is 10.5 Å². The van der Waals surface area contributed by atoms with E-state index in [1.54, 1.807) is 13.0 Å². The topological polar surface area (TPSA) is 64.3 Å². The molecule has 1 aromatic carbocycles. The first-order valence-corrected chi connectivity index (χ1v) is 8.28. The van der Waals surface area contributed by atoms with Crippen molar-refractivity contribution in [1.82, 2.24) is 0 Å². The fourth-order valence-corrected chi connectivity index (χ4v) is 3.37. The van der Waals surface area contributed by atoms with Crippen molar-refractivity contribution in [3.8, 4) is 0 Å². The zero-order chi connectivity index (χ0) is 14.5. The number of carbonyl (C=O) groups is 1. The van der Waals surface area contributed by atoms with Gasteiger partial charge >= 0.3 is 5.97 Å². The van der Waals surface area contributed by atoms with Gasteiger partial charge in [0.15, 0.2) is 0 Å². The van der Waals surface area contributed by atoms with Gasteiger partial charge in [-0.05, 0) is 50.6 Å². The summed E-state index contributed by atoms with van der Waals surface area (Å²) in [6.45, 7) is 2.17. The number of thioether (sulfide) groups is 1. The van der Waals surface area contributed by atoms with Crippen LogP contribution in [0.3, 0.4) is 0 Å². The highest BCUT2D eigenvalue weighted by atomic mass is 32.2. The van der Waals surface area contributed by atoms with Crippen molar-refractivity contribution in [2.45, 2.75) is 37.5 Å². The van der Waals surface area contributed by atoms with Crippen LogP contribution in [0.2, 0.25) is 0 Å². The van der Waals surface area contributed by atoms with Gasteiger partial charge in [0.2, 0.25) is 0 Å². The zero-order valence-corrected chi connectivity index (χ0v) is 12.8. The molecular formula is C15H22N2O2S. The summed E-state index contributed by atoms with van der Waals surface area (Å²) in [6, 6.07) is 5.78. The molecule has 0 radical (unpaired) electrons. The molecule has 1 aromatic rings. The molecule has 0 bridgehead atoms. The van der Waals surface area contributed by atoms with Crippen LogP contribution in [0.4, 0.5) is 11.4 Å². The minimum Gasteiger partial charge on any atom is -0.462 e. The van der Waals surface area contributed by atoms with Crippen molar-refractivity contribution in [3.05, 3.63) is 23.8 Å². The molecule has 2 atom stereocenters. The van der Waals surface area contributed by atoms with Crippen molar-refractivity contribution >= 4 is 29.1 Å². The van der Waals surface area contributed by atoms with E-state index in [0.717, 1.165) is 18.5 Å².